The molecule has 0 radical (unpaired) electrons. The van der Waals surface area contributed by atoms with Crippen LogP contribution < -0.4 is 11.0 Å². The van der Waals surface area contributed by atoms with Crippen molar-refractivity contribution in [2.75, 3.05) is 13.1 Å². The van der Waals surface area contributed by atoms with E-state index in [1.54, 1.807) is 13.1 Å². The van der Waals surface area contributed by atoms with Crippen molar-refractivity contribution >= 4 is 44.7 Å². The molecule has 6 heterocycles. The number of amides is 6. The van der Waals surface area contributed by atoms with E-state index in [9.17, 15) is 36.0 Å². The van der Waals surface area contributed by atoms with E-state index in [4.69, 9.17) is 18.8 Å². The fourth-order valence-electron chi connectivity index (χ4n) is 5.50. The summed E-state index contributed by atoms with van der Waals surface area (Å²) in [6.45, 7) is 1.97. The summed E-state index contributed by atoms with van der Waals surface area (Å²) in [6.07, 6.45) is 5.61. The van der Waals surface area contributed by atoms with Gasteiger partial charge in [-0.2, -0.15) is 32.1 Å². The first kappa shape index (κ1) is 36.6. The van der Waals surface area contributed by atoms with Crippen molar-refractivity contribution in [1.82, 2.24) is 56.0 Å². The molecular formula is C23H31N11O14S2. The number of hydrogen-bond acceptors (Lipinski definition) is 16. The van der Waals surface area contributed by atoms with Gasteiger partial charge in [0.1, 0.15) is 31.6 Å². The second-order valence-electron chi connectivity index (χ2n) is 11.1. The maximum atomic E-state index is 12.3. The molecule has 4 atom stereocenters. The molecular weight excluding hydrogens is 718 g/mol. The number of aromatic amines is 1. The van der Waals surface area contributed by atoms with E-state index in [0.29, 0.717) is 47.3 Å². The van der Waals surface area contributed by atoms with Gasteiger partial charge in [0.25, 0.3) is 11.8 Å². The molecule has 4 bridgehead atoms. The number of hydrogen-bond donors (Lipinski definition) is 5. The smallest absolute Gasteiger partial charge is 0.309 e. The first-order chi connectivity index (χ1) is 23.6. The Morgan fingerprint density at radius 2 is 1.34 bits per heavy atom. The van der Waals surface area contributed by atoms with Gasteiger partial charge in [-0.3, -0.25) is 43.4 Å². The summed E-state index contributed by atoms with van der Waals surface area (Å²) in [5.74, 6) is -0.704. The molecule has 6 rings (SSSR count). The number of aryl methyl sites for hydroxylation is 1. The Morgan fingerprint density at radius 3 is 1.78 bits per heavy atom. The molecule has 0 spiro atoms. The highest BCUT2D eigenvalue weighted by molar-refractivity contribution is 7.81. The Balaban J connectivity index is 0.000000195. The first-order valence-corrected chi connectivity index (χ1v) is 17.3. The maximum Gasteiger partial charge on any atom is 0.418 e. The molecule has 274 valence electrons. The molecule has 0 saturated carbocycles. The number of nitrogens with zero attached hydrogens (tertiary/aromatic N) is 8. The number of rotatable bonds is 12. The number of H-pyrrole nitrogens is 1. The van der Waals surface area contributed by atoms with Crippen molar-refractivity contribution in [1.29, 1.82) is 0 Å². The zero-order valence-corrected chi connectivity index (χ0v) is 27.5. The van der Waals surface area contributed by atoms with Crippen LogP contribution in [0.5, 0.6) is 0 Å². The van der Waals surface area contributed by atoms with E-state index in [1.165, 1.54) is 17.4 Å². The number of piperidine rings is 2. The van der Waals surface area contributed by atoms with E-state index < -0.39 is 68.8 Å². The Kier molecular flexibility index (Phi) is 11.1. The molecule has 25 nitrogen and oxygen atoms in total. The standard InChI is InChI=1S/C13H17N5O7S.C10H14N6O7S/c1-8-4-15-9(5-14-8)7-24-16-12(19)11-3-2-10-6-17(11)13(20)18(10)25-26(21,22)23;17-9(14-22-4-8-11-5-12-13-8)7-2-1-6-3-15(7)10(18)16(6)23-24(19,20)21/h4-5,10-11H,2-3,6-7H2,1H3,(H,16,19)(H,21,22,23);5-7H,1-4H2,(H,14,17)(H,11,12,13)(H,19,20,21)/t10-,11+;6-,7+/m11/s1. The van der Waals surface area contributed by atoms with Gasteiger partial charge in [0.2, 0.25) is 0 Å². The number of aromatic nitrogens is 5. The highest BCUT2D eigenvalue weighted by atomic mass is 32.3. The van der Waals surface area contributed by atoms with Gasteiger partial charge in [0, 0.05) is 19.3 Å². The van der Waals surface area contributed by atoms with Crippen LogP contribution >= 0.6 is 0 Å². The van der Waals surface area contributed by atoms with Gasteiger partial charge in [-0.05, 0) is 32.6 Å². The molecule has 2 aromatic rings. The minimum absolute atomic E-state index is 0.000301. The second-order valence-corrected chi connectivity index (χ2v) is 13.1. The lowest BCUT2D eigenvalue weighted by Crippen LogP contribution is -2.49. The fraction of sp³-hybridized carbons (Fsp3) is 0.565. The van der Waals surface area contributed by atoms with Crippen molar-refractivity contribution in [2.24, 2.45) is 0 Å². The Bertz CT molecular complexity index is 1780. The molecule has 4 saturated heterocycles. The lowest BCUT2D eigenvalue weighted by atomic mass is 10.0. The summed E-state index contributed by atoms with van der Waals surface area (Å²) >= 11 is 0. The number of fused-ring (bicyclic) bond motifs is 4. The second kappa shape index (κ2) is 15.1. The van der Waals surface area contributed by atoms with Gasteiger partial charge in [-0.25, -0.2) is 25.5 Å². The normalized spacial score (nSPS) is 23.1. The van der Waals surface area contributed by atoms with E-state index in [2.05, 4.69) is 44.7 Å². The van der Waals surface area contributed by atoms with Crippen LogP contribution in [0.4, 0.5) is 9.59 Å². The van der Waals surface area contributed by atoms with Crippen LogP contribution in [-0.2, 0) is 61.8 Å². The van der Waals surface area contributed by atoms with Gasteiger partial charge >= 0.3 is 32.9 Å². The van der Waals surface area contributed by atoms with Crippen LogP contribution in [0.3, 0.4) is 0 Å². The predicted octanol–water partition coefficient (Wildman–Crippen LogP) is -2.31. The zero-order valence-electron chi connectivity index (χ0n) is 25.9. The Morgan fingerprint density at radius 1 is 0.820 bits per heavy atom. The largest absolute Gasteiger partial charge is 0.418 e. The van der Waals surface area contributed by atoms with Crippen LogP contribution in [0.2, 0.25) is 0 Å². The van der Waals surface area contributed by atoms with Crippen LogP contribution in [0.1, 0.15) is 42.9 Å². The lowest BCUT2D eigenvalue weighted by Gasteiger charge is -2.28. The van der Waals surface area contributed by atoms with Gasteiger partial charge in [-0.15, -0.1) is 8.57 Å². The summed E-state index contributed by atoms with van der Waals surface area (Å²) in [4.78, 5) is 73.1. The van der Waals surface area contributed by atoms with Crippen molar-refractivity contribution in [3.8, 4) is 0 Å². The molecule has 5 N–H and O–H groups in total. The number of urea groups is 2. The molecule has 2 aromatic heterocycles. The average molecular weight is 750 g/mol. The van der Waals surface area contributed by atoms with Crippen molar-refractivity contribution < 1.29 is 63.4 Å². The Labute approximate surface area is 282 Å². The molecule has 0 aliphatic carbocycles. The summed E-state index contributed by atoms with van der Waals surface area (Å²) in [5.41, 5.74) is 5.73. The molecule has 0 aromatic carbocycles. The highest BCUT2D eigenvalue weighted by Crippen LogP contribution is 2.32. The topological polar surface area (TPSA) is 318 Å². The minimum Gasteiger partial charge on any atom is -0.309 e. The van der Waals surface area contributed by atoms with E-state index >= 15 is 0 Å². The molecule has 4 aliphatic heterocycles. The van der Waals surface area contributed by atoms with Crippen molar-refractivity contribution in [3.05, 3.63) is 35.9 Å². The predicted molar refractivity (Wildman–Crippen MR) is 156 cm³/mol. The van der Waals surface area contributed by atoms with Crippen LogP contribution in [0, 0.1) is 6.92 Å². The maximum absolute atomic E-state index is 12.3. The van der Waals surface area contributed by atoms with Gasteiger partial charge < -0.3 is 9.80 Å². The summed E-state index contributed by atoms with van der Waals surface area (Å²) < 4.78 is 69.3. The monoisotopic (exact) mass is 749 g/mol. The lowest BCUT2D eigenvalue weighted by molar-refractivity contribution is -0.140. The van der Waals surface area contributed by atoms with Crippen molar-refractivity contribution in [3.63, 3.8) is 0 Å². The number of carbonyl (C=O) groups is 4. The third-order valence-electron chi connectivity index (χ3n) is 7.67. The minimum atomic E-state index is -4.82. The van der Waals surface area contributed by atoms with E-state index in [-0.39, 0.29) is 26.3 Å². The van der Waals surface area contributed by atoms with Gasteiger partial charge in [0.15, 0.2) is 5.82 Å². The Hall–Kier alpha value is -4.64. The van der Waals surface area contributed by atoms with E-state index in [1.807, 2.05) is 0 Å². The summed E-state index contributed by atoms with van der Waals surface area (Å²) in [6, 6.07) is -4.41. The first-order valence-electron chi connectivity index (χ1n) is 14.6. The zero-order chi connectivity index (χ0) is 36.2. The third kappa shape index (κ3) is 9.12. The summed E-state index contributed by atoms with van der Waals surface area (Å²) in [5, 5.41) is 7.31. The number of nitrogens with one attached hydrogen (secondary N) is 3. The van der Waals surface area contributed by atoms with Crippen LogP contribution in [0.15, 0.2) is 18.7 Å². The van der Waals surface area contributed by atoms with Crippen LogP contribution in [-0.4, -0.2) is 132 Å². The molecule has 4 aliphatic rings. The van der Waals surface area contributed by atoms with E-state index in [0.717, 1.165) is 10.6 Å². The van der Waals surface area contributed by atoms with Crippen LogP contribution in [0.25, 0.3) is 0 Å². The molecule has 27 heteroatoms. The molecule has 50 heavy (non-hydrogen) atoms. The molecule has 0 unspecified atom stereocenters. The quantitative estimate of drug-likeness (QED) is 0.112. The van der Waals surface area contributed by atoms with Gasteiger partial charge in [0.05, 0.1) is 29.7 Å². The SMILES string of the molecule is Cc1cnc(CONC(=O)[C@@H]2CC[C@@H]3CN2C(=O)N3OS(=O)(=O)O)cn1.O=C(NOCc1ncn[nH]1)[C@@H]1CC[C@@H]2CN1C(=O)N2OS(=O)(=O)O. The number of hydroxylamine groups is 6. The fourth-order valence-corrected chi connectivity index (χ4v) is 6.27. The number of carbonyl (C=O) groups excluding carboxylic acids is 4. The third-order valence-corrected chi connectivity index (χ3v) is 8.37. The average Bonchev–Trinajstić information content (AvgIpc) is 3.71. The van der Waals surface area contributed by atoms with Gasteiger partial charge in [-0.1, -0.05) is 0 Å². The highest BCUT2D eigenvalue weighted by Gasteiger charge is 2.50. The van der Waals surface area contributed by atoms with Crippen molar-refractivity contribution in [2.45, 2.75) is 70.0 Å². The summed E-state index contributed by atoms with van der Waals surface area (Å²) in [7, 11) is -9.64. The molecule has 4 fully saturated rings. The molecule has 6 amide bonds.